The van der Waals surface area contributed by atoms with Crippen molar-refractivity contribution in [1.29, 1.82) is 0 Å². The quantitative estimate of drug-likeness (QED) is 0.739. The van der Waals surface area contributed by atoms with Crippen molar-refractivity contribution in [2.24, 2.45) is 5.92 Å². The second-order valence-corrected chi connectivity index (χ2v) is 5.27. The van der Waals surface area contributed by atoms with Crippen LogP contribution in [0.15, 0.2) is 0 Å². The van der Waals surface area contributed by atoms with E-state index < -0.39 is 5.60 Å². The van der Waals surface area contributed by atoms with Crippen LogP contribution in [0.2, 0.25) is 0 Å². The molecule has 1 N–H and O–H groups in total. The molecule has 0 radical (unpaired) electrons. The molecular formula is C12H23NO3. The maximum atomic E-state index is 11.4. The smallest absolute Gasteiger partial charge is 0.320 e. The van der Waals surface area contributed by atoms with E-state index in [1.54, 1.807) is 0 Å². The number of hydrogen-bond donors (Lipinski definition) is 1. The number of carbonyl (C=O) groups is 1. The molecule has 0 saturated carbocycles. The largest absolute Gasteiger partial charge is 0.459 e. The van der Waals surface area contributed by atoms with E-state index in [1.165, 1.54) is 0 Å². The molecule has 4 nitrogen and oxygen atoms in total. The van der Waals surface area contributed by atoms with Gasteiger partial charge in [0.05, 0.1) is 6.54 Å². The van der Waals surface area contributed by atoms with Crippen LogP contribution in [0.5, 0.6) is 0 Å². The average Bonchev–Trinajstić information content (AvgIpc) is 2.16. The van der Waals surface area contributed by atoms with E-state index in [2.05, 4.69) is 5.32 Å². The minimum Gasteiger partial charge on any atom is -0.459 e. The number of carbonyl (C=O) groups excluding carboxylic acids is 1. The van der Waals surface area contributed by atoms with Crippen molar-refractivity contribution in [1.82, 2.24) is 5.32 Å². The monoisotopic (exact) mass is 229 g/mol. The van der Waals surface area contributed by atoms with Gasteiger partial charge in [0.2, 0.25) is 0 Å². The van der Waals surface area contributed by atoms with Crippen LogP contribution in [0.1, 0.15) is 33.6 Å². The number of ether oxygens (including phenoxy) is 2. The molecule has 0 aromatic rings. The summed E-state index contributed by atoms with van der Waals surface area (Å²) >= 11 is 0. The van der Waals surface area contributed by atoms with Gasteiger partial charge in [0.15, 0.2) is 0 Å². The predicted molar refractivity (Wildman–Crippen MR) is 62.3 cm³/mol. The standard InChI is InChI=1S/C12H23NO3/c1-12(2,3)16-11(14)9-13-8-10-4-6-15-7-5-10/h10,13H,4-9H2,1-3H3. The van der Waals surface area contributed by atoms with Crippen molar-refractivity contribution < 1.29 is 14.3 Å². The Morgan fingerprint density at radius 1 is 1.38 bits per heavy atom. The Bertz CT molecular complexity index is 217. The van der Waals surface area contributed by atoms with Crippen LogP contribution in [0.25, 0.3) is 0 Å². The van der Waals surface area contributed by atoms with Crippen molar-refractivity contribution in [2.75, 3.05) is 26.3 Å². The van der Waals surface area contributed by atoms with E-state index in [-0.39, 0.29) is 5.97 Å². The lowest BCUT2D eigenvalue weighted by molar-refractivity contribution is -0.153. The molecule has 0 spiro atoms. The highest BCUT2D eigenvalue weighted by Crippen LogP contribution is 2.13. The Balaban J connectivity index is 2.08. The first-order valence-corrected chi connectivity index (χ1v) is 5.98. The molecule has 4 heteroatoms. The molecule has 1 aliphatic heterocycles. The zero-order valence-corrected chi connectivity index (χ0v) is 10.5. The van der Waals surface area contributed by atoms with Gasteiger partial charge in [-0.05, 0) is 46.1 Å². The molecule has 1 rings (SSSR count). The van der Waals surface area contributed by atoms with E-state index in [4.69, 9.17) is 9.47 Å². The summed E-state index contributed by atoms with van der Waals surface area (Å²) in [5.41, 5.74) is -0.391. The SMILES string of the molecule is CC(C)(C)OC(=O)CNCC1CCOCC1. The molecule has 0 aromatic heterocycles. The van der Waals surface area contributed by atoms with Crippen molar-refractivity contribution in [3.05, 3.63) is 0 Å². The highest BCUT2D eigenvalue weighted by molar-refractivity contribution is 5.72. The first-order chi connectivity index (χ1) is 7.47. The molecule has 0 unspecified atom stereocenters. The zero-order valence-electron chi connectivity index (χ0n) is 10.5. The lowest BCUT2D eigenvalue weighted by Crippen LogP contribution is -2.35. The molecule has 1 saturated heterocycles. The van der Waals surface area contributed by atoms with Gasteiger partial charge in [0, 0.05) is 13.2 Å². The maximum Gasteiger partial charge on any atom is 0.320 e. The van der Waals surface area contributed by atoms with Crippen molar-refractivity contribution in [2.45, 2.75) is 39.2 Å². The van der Waals surface area contributed by atoms with Gasteiger partial charge in [-0.15, -0.1) is 0 Å². The number of nitrogens with one attached hydrogen (secondary N) is 1. The summed E-state index contributed by atoms with van der Waals surface area (Å²) in [4.78, 5) is 11.4. The van der Waals surface area contributed by atoms with Gasteiger partial charge in [-0.25, -0.2) is 0 Å². The van der Waals surface area contributed by atoms with Crippen LogP contribution in [0.4, 0.5) is 0 Å². The van der Waals surface area contributed by atoms with Crippen LogP contribution in [-0.2, 0) is 14.3 Å². The third-order valence-electron chi connectivity index (χ3n) is 2.46. The molecule has 0 atom stereocenters. The first kappa shape index (κ1) is 13.5. The highest BCUT2D eigenvalue weighted by atomic mass is 16.6. The van der Waals surface area contributed by atoms with Gasteiger partial charge < -0.3 is 14.8 Å². The molecule has 0 bridgehead atoms. The number of rotatable bonds is 4. The Morgan fingerprint density at radius 2 is 2.00 bits per heavy atom. The Morgan fingerprint density at radius 3 is 2.56 bits per heavy atom. The topological polar surface area (TPSA) is 47.6 Å². The summed E-state index contributed by atoms with van der Waals surface area (Å²) in [6.07, 6.45) is 2.17. The number of esters is 1. The lowest BCUT2D eigenvalue weighted by atomic mass is 10.0. The molecular weight excluding hydrogens is 206 g/mol. The van der Waals surface area contributed by atoms with Gasteiger partial charge in [-0.1, -0.05) is 0 Å². The molecule has 0 aromatic carbocycles. The van der Waals surface area contributed by atoms with Crippen molar-refractivity contribution in [3.63, 3.8) is 0 Å². The maximum absolute atomic E-state index is 11.4. The number of hydrogen-bond acceptors (Lipinski definition) is 4. The minimum absolute atomic E-state index is 0.181. The van der Waals surface area contributed by atoms with Crippen molar-refractivity contribution >= 4 is 5.97 Å². The van der Waals surface area contributed by atoms with Crippen LogP contribution < -0.4 is 5.32 Å². The third kappa shape index (κ3) is 6.08. The first-order valence-electron chi connectivity index (χ1n) is 5.98. The summed E-state index contributed by atoms with van der Waals surface area (Å²) in [7, 11) is 0. The summed E-state index contributed by atoms with van der Waals surface area (Å²) in [6.45, 7) is 8.50. The van der Waals surface area contributed by atoms with Gasteiger partial charge >= 0.3 is 5.97 Å². The zero-order chi connectivity index (χ0) is 12.0. The summed E-state index contributed by atoms with van der Waals surface area (Å²) < 4.78 is 10.5. The van der Waals surface area contributed by atoms with Crippen LogP contribution in [0.3, 0.4) is 0 Å². The van der Waals surface area contributed by atoms with E-state index in [0.29, 0.717) is 12.5 Å². The molecule has 0 amide bonds. The third-order valence-corrected chi connectivity index (χ3v) is 2.46. The van der Waals surface area contributed by atoms with Gasteiger partial charge in [-0.3, -0.25) is 4.79 Å². The van der Waals surface area contributed by atoms with Crippen LogP contribution in [0, 0.1) is 5.92 Å². The summed E-state index contributed by atoms with van der Waals surface area (Å²) in [6, 6.07) is 0. The van der Waals surface area contributed by atoms with E-state index in [9.17, 15) is 4.79 Å². The van der Waals surface area contributed by atoms with E-state index in [0.717, 1.165) is 32.6 Å². The van der Waals surface area contributed by atoms with Gasteiger partial charge in [0.1, 0.15) is 5.60 Å². The highest BCUT2D eigenvalue weighted by Gasteiger charge is 2.17. The van der Waals surface area contributed by atoms with E-state index in [1.807, 2.05) is 20.8 Å². The second-order valence-electron chi connectivity index (χ2n) is 5.27. The fourth-order valence-corrected chi connectivity index (χ4v) is 1.71. The fraction of sp³-hybridized carbons (Fsp3) is 0.917. The van der Waals surface area contributed by atoms with Crippen LogP contribution >= 0.6 is 0 Å². The normalized spacial score (nSPS) is 18.4. The molecule has 1 aliphatic rings. The fourth-order valence-electron chi connectivity index (χ4n) is 1.71. The average molecular weight is 229 g/mol. The molecule has 16 heavy (non-hydrogen) atoms. The van der Waals surface area contributed by atoms with Gasteiger partial charge in [0.25, 0.3) is 0 Å². The lowest BCUT2D eigenvalue weighted by Gasteiger charge is -2.23. The van der Waals surface area contributed by atoms with Crippen molar-refractivity contribution in [3.8, 4) is 0 Å². The molecule has 0 aliphatic carbocycles. The molecule has 1 fully saturated rings. The van der Waals surface area contributed by atoms with Crippen LogP contribution in [-0.4, -0.2) is 37.9 Å². The minimum atomic E-state index is -0.391. The Hall–Kier alpha value is -0.610. The second kappa shape index (κ2) is 6.21. The Kier molecular flexibility index (Phi) is 5.22. The summed E-state index contributed by atoms with van der Waals surface area (Å²) in [5.74, 6) is 0.454. The molecule has 94 valence electrons. The van der Waals surface area contributed by atoms with Gasteiger partial charge in [-0.2, -0.15) is 0 Å². The van der Waals surface area contributed by atoms with E-state index >= 15 is 0 Å². The predicted octanol–water partition coefficient (Wildman–Crippen LogP) is 1.34. The summed E-state index contributed by atoms with van der Waals surface area (Å²) in [5, 5.41) is 3.15. The Labute approximate surface area is 97.7 Å². The molecule has 1 heterocycles.